The van der Waals surface area contributed by atoms with Gasteiger partial charge in [-0.3, -0.25) is 9.59 Å². The van der Waals surface area contributed by atoms with E-state index in [1.807, 2.05) is 26.0 Å². The molecule has 0 aliphatic rings. The first-order chi connectivity index (χ1) is 18.1. The molecule has 2 atom stereocenters. The topological polar surface area (TPSA) is 117 Å². The zero-order valence-electron chi connectivity index (χ0n) is 22.3. The largest absolute Gasteiger partial charge is 0.490 e. The van der Waals surface area contributed by atoms with Crippen LogP contribution in [-0.2, 0) is 34.5 Å². The van der Waals surface area contributed by atoms with Gasteiger partial charge in [-0.2, -0.15) is 0 Å². The van der Waals surface area contributed by atoms with Crippen molar-refractivity contribution >= 4 is 56.8 Å². The van der Waals surface area contributed by atoms with Gasteiger partial charge in [0.05, 0.1) is 28.7 Å². The van der Waals surface area contributed by atoms with Crippen LogP contribution in [0.5, 0.6) is 11.5 Å². The normalized spacial score (nSPS) is 13.3. The molecule has 2 aromatic carbocycles. The van der Waals surface area contributed by atoms with E-state index in [9.17, 15) is 18.0 Å². The van der Waals surface area contributed by atoms with Gasteiger partial charge < -0.3 is 18.9 Å². The van der Waals surface area contributed by atoms with Gasteiger partial charge in [0, 0.05) is 19.3 Å². The average Bonchev–Trinajstić information content (AvgIpc) is 2.83. The van der Waals surface area contributed by atoms with Crippen LogP contribution in [0.25, 0.3) is 0 Å². The van der Waals surface area contributed by atoms with Crippen molar-refractivity contribution in [2.75, 3.05) is 31.9 Å². The lowest BCUT2D eigenvalue weighted by atomic mass is 9.78. The Morgan fingerprint density at radius 3 is 1.90 bits per heavy atom. The smallest absolute Gasteiger partial charge is 0.303 e. The maximum atomic E-state index is 11.4. The third-order valence-electron chi connectivity index (χ3n) is 5.56. The van der Waals surface area contributed by atoms with Crippen LogP contribution in [0.4, 0.5) is 0 Å². The molecular weight excluding hydrogens is 593 g/mol. The summed E-state index contributed by atoms with van der Waals surface area (Å²) in [5, 5.41) is 0.585. The van der Waals surface area contributed by atoms with E-state index >= 15 is 0 Å². The van der Waals surface area contributed by atoms with Crippen LogP contribution < -0.4 is 14.2 Å². The van der Waals surface area contributed by atoms with E-state index in [1.165, 1.54) is 13.8 Å². The van der Waals surface area contributed by atoms with Crippen molar-refractivity contribution in [2.45, 2.75) is 45.3 Å². The number of benzene rings is 2. The van der Waals surface area contributed by atoms with Crippen molar-refractivity contribution in [3.05, 3.63) is 57.6 Å². The standard InChI is InChI=1S/C26H32Cl3NO8S/c1-16(31)37-21(12-27)14-36-25-23(28)10-19(11-24(25)29)26(3,4)18-6-8-20(9-7-18)35-15-22(38-17(2)32)13-30-39(5,33)34/h6-11,21-22,30H,12-15H2,1-5H3. The lowest BCUT2D eigenvalue weighted by molar-refractivity contribution is -0.148. The lowest BCUT2D eigenvalue weighted by Crippen LogP contribution is -2.37. The number of halogens is 3. The highest BCUT2D eigenvalue weighted by molar-refractivity contribution is 7.88. The molecule has 13 heteroatoms. The summed E-state index contributed by atoms with van der Waals surface area (Å²) in [6, 6.07) is 10.8. The first kappa shape index (κ1) is 33.0. The van der Waals surface area contributed by atoms with Crippen LogP contribution in [0.2, 0.25) is 10.0 Å². The average molecular weight is 625 g/mol. The van der Waals surface area contributed by atoms with Gasteiger partial charge in [-0.15, -0.1) is 11.6 Å². The fraction of sp³-hybridized carbons (Fsp3) is 0.462. The van der Waals surface area contributed by atoms with Crippen LogP contribution in [0, 0.1) is 0 Å². The van der Waals surface area contributed by atoms with Crippen molar-refractivity contribution in [3.63, 3.8) is 0 Å². The van der Waals surface area contributed by atoms with Crippen LogP contribution in [0.15, 0.2) is 36.4 Å². The third-order valence-corrected chi connectivity index (χ3v) is 7.15. The van der Waals surface area contributed by atoms with Crippen LogP contribution in [-0.4, -0.2) is 64.5 Å². The van der Waals surface area contributed by atoms with E-state index in [-0.39, 0.29) is 31.4 Å². The molecule has 1 N–H and O–H groups in total. The summed E-state index contributed by atoms with van der Waals surface area (Å²) >= 11 is 18.8. The molecule has 2 rings (SSSR count). The van der Waals surface area contributed by atoms with E-state index in [1.54, 1.807) is 24.3 Å². The number of carbonyl (C=O) groups is 2. The van der Waals surface area contributed by atoms with Gasteiger partial charge in [0.1, 0.15) is 31.2 Å². The zero-order chi connectivity index (χ0) is 29.4. The molecule has 0 aromatic heterocycles. The molecule has 0 saturated heterocycles. The first-order valence-corrected chi connectivity index (χ1v) is 15.0. The molecule has 216 valence electrons. The second-order valence-electron chi connectivity index (χ2n) is 9.28. The Bertz CT molecular complexity index is 1230. The highest BCUT2D eigenvalue weighted by Gasteiger charge is 2.26. The van der Waals surface area contributed by atoms with Crippen LogP contribution >= 0.6 is 34.8 Å². The Kier molecular flexibility index (Phi) is 12.2. The highest BCUT2D eigenvalue weighted by Crippen LogP contribution is 2.40. The van der Waals surface area contributed by atoms with Crippen molar-refractivity contribution in [2.24, 2.45) is 0 Å². The van der Waals surface area contributed by atoms with Crippen LogP contribution in [0.1, 0.15) is 38.8 Å². The lowest BCUT2D eigenvalue weighted by Gasteiger charge is -2.27. The molecule has 0 amide bonds. The van der Waals surface area contributed by atoms with E-state index in [4.69, 9.17) is 53.8 Å². The number of hydrogen-bond donors (Lipinski definition) is 1. The monoisotopic (exact) mass is 623 g/mol. The Morgan fingerprint density at radius 2 is 1.41 bits per heavy atom. The van der Waals surface area contributed by atoms with Crippen molar-refractivity contribution in [3.8, 4) is 11.5 Å². The number of ether oxygens (including phenoxy) is 4. The third kappa shape index (κ3) is 10.7. The van der Waals surface area contributed by atoms with Gasteiger partial charge in [-0.1, -0.05) is 49.2 Å². The summed E-state index contributed by atoms with van der Waals surface area (Å²) in [6.07, 6.45) is -0.427. The second kappa shape index (κ2) is 14.4. The van der Waals surface area contributed by atoms with Crippen molar-refractivity contribution in [1.82, 2.24) is 4.72 Å². The minimum absolute atomic E-state index is 0.00461. The van der Waals surface area contributed by atoms with E-state index in [0.717, 1.165) is 17.4 Å². The molecule has 0 aliphatic heterocycles. The molecule has 0 heterocycles. The number of carbonyl (C=O) groups excluding carboxylic acids is 2. The molecule has 0 bridgehead atoms. The summed E-state index contributed by atoms with van der Waals surface area (Å²) in [6.45, 7) is 6.37. The molecule has 0 saturated carbocycles. The van der Waals surface area contributed by atoms with Gasteiger partial charge in [0.15, 0.2) is 5.75 Å². The molecule has 2 aromatic rings. The van der Waals surface area contributed by atoms with Crippen molar-refractivity contribution < 1.29 is 37.0 Å². The Labute approximate surface area is 244 Å². The summed E-state index contributed by atoms with van der Waals surface area (Å²) in [4.78, 5) is 22.6. The molecule has 0 spiro atoms. The van der Waals surface area contributed by atoms with Gasteiger partial charge in [-0.05, 0) is 35.4 Å². The predicted octanol–water partition coefficient (Wildman–Crippen LogP) is 4.73. The first-order valence-electron chi connectivity index (χ1n) is 11.8. The fourth-order valence-electron chi connectivity index (χ4n) is 3.52. The fourth-order valence-corrected chi connectivity index (χ4v) is 4.75. The molecule has 39 heavy (non-hydrogen) atoms. The zero-order valence-corrected chi connectivity index (χ0v) is 25.3. The Morgan fingerprint density at radius 1 is 0.897 bits per heavy atom. The second-order valence-corrected chi connectivity index (χ2v) is 12.2. The SMILES string of the molecule is CC(=O)OC(CNS(C)(=O)=O)COc1ccc(C(C)(C)c2cc(Cl)c(OCC(CCl)OC(C)=O)c(Cl)c2)cc1. The number of esters is 2. The van der Waals surface area contributed by atoms with Gasteiger partial charge in [0.25, 0.3) is 0 Å². The minimum atomic E-state index is -3.45. The molecule has 9 nitrogen and oxygen atoms in total. The van der Waals surface area contributed by atoms with Gasteiger partial charge >= 0.3 is 11.9 Å². The molecule has 0 fully saturated rings. The highest BCUT2D eigenvalue weighted by atomic mass is 35.5. The number of hydrogen-bond acceptors (Lipinski definition) is 8. The maximum Gasteiger partial charge on any atom is 0.303 e. The number of alkyl halides is 1. The van der Waals surface area contributed by atoms with Crippen LogP contribution in [0.3, 0.4) is 0 Å². The van der Waals surface area contributed by atoms with Gasteiger partial charge in [-0.25, -0.2) is 13.1 Å². The Balaban J connectivity index is 2.13. The van der Waals surface area contributed by atoms with E-state index in [0.29, 0.717) is 15.8 Å². The number of sulfonamides is 1. The molecule has 0 radical (unpaired) electrons. The molecule has 2 unspecified atom stereocenters. The minimum Gasteiger partial charge on any atom is -0.490 e. The maximum absolute atomic E-state index is 11.4. The van der Waals surface area contributed by atoms with E-state index in [2.05, 4.69) is 4.72 Å². The Hall–Kier alpha value is -2.24. The summed E-state index contributed by atoms with van der Waals surface area (Å²) in [5.41, 5.74) is 1.25. The number of nitrogens with one attached hydrogen (secondary N) is 1. The molecule has 0 aliphatic carbocycles. The number of rotatable bonds is 14. The van der Waals surface area contributed by atoms with Gasteiger partial charge in [0.2, 0.25) is 10.0 Å². The molecular formula is C26H32Cl3NO8S. The summed E-state index contributed by atoms with van der Waals surface area (Å²) in [7, 11) is -3.45. The predicted molar refractivity (Wildman–Crippen MR) is 151 cm³/mol. The summed E-state index contributed by atoms with van der Waals surface area (Å²) in [5.74, 6) is -0.193. The summed E-state index contributed by atoms with van der Waals surface area (Å²) < 4.78 is 46.7. The van der Waals surface area contributed by atoms with Crippen molar-refractivity contribution in [1.29, 1.82) is 0 Å². The quantitative estimate of drug-likeness (QED) is 0.237. The van der Waals surface area contributed by atoms with E-state index < -0.39 is 39.6 Å².